The number of alkyl halides is 3. The van der Waals surface area contributed by atoms with E-state index in [9.17, 15) is 22.8 Å². The molecule has 1 saturated heterocycles. The number of benzene rings is 1. The van der Waals surface area contributed by atoms with E-state index in [1.54, 1.807) is 26.1 Å². The van der Waals surface area contributed by atoms with Crippen LogP contribution >= 0.6 is 11.3 Å². The minimum absolute atomic E-state index is 0.162. The first-order valence-corrected chi connectivity index (χ1v) is 13.9. The number of hydrogen-bond donors (Lipinski definition) is 2. The highest BCUT2D eigenvalue weighted by Gasteiger charge is 2.54. The summed E-state index contributed by atoms with van der Waals surface area (Å²) in [6.45, 7) is 3.71. The number of ether oxygens (including phenoxy) is 2. The molecule has 4 aromatic rings. The number of thiophene rings is 1. The van der Waals surface area contributed by atoms with Gasteiger partial charge in [-0.05, 0) is 49.1 Å². The van der Waals surface area contributed by atoms with E-state index in [-0.39, 0.29) is 41.8 Å². The van der Waals surface area contributed by atoms with Crippen molar-refractivity contribution in [2.75, 3.05) is 13.7 Å². The highest BCUT2D eigenvalue weighted by molar-refractivity contribution is 7.09. The molecular formula is C29H28F3N5O4S. The summed E-state index contributed by atoms with van der Waals surface area (Å²) in [7, 11) is 1.47. The van der Waals surface area contributed by atoms with Crippen LogP contribution in [0, 0.1) is 6.92 Å². The molecule has 4 heterocycles. The van der Waals surface area contributed by atoms with Gasteiger partial charge < -0.3 is 20.1 Å². The number of nitrogens with one attached hydrogen (secondary N) is 2. The maximum Gasteiger partial charge on any atom is 0.416 e. The molecule has 2 amide bonds. The Labute approximate surface area is 243 Å². The first-order valence-electron chi connectivity index (χ1n) is 13.1. The molecule has 5 rings (SSSR count). The van der Waals surface area contributed by atoms with E-state index in [2.05, 4.69) is 20.6 Å². The summed E-state index contributed by atoms with van der Waals surface area (Å²) < 4.78 is 53.2. The highest BCUT2D eigenvalue weighted by atomic mass is 32.1. The molecule has 1 fully saturated rings. The molecule has 0 radical (unpaired) electrons. The number of amides is 2. The van der Waals surface area contributed by atoms with Crippen molar-refractivity contribution in [2.24, 2.45) is 0 Å². The van der Waals surface area contributed by atoms with Gasteiger partial charge in [0.1, 0.15) is 6.33 Å². The Bertz CT molecular complexity index is 1590. The number of rotatable bonds is 8. The minimum Gasteiger partial charge on any atom is -0.354 e. The monoisotopic (exact) mass is 599 g/mol. The van der Waals surface area contributed by atoms with Crippen LogP contribution in [-0.2, 0) is 26.9 Å². The number of nitrogens with zero attached hydrogens (tertiary/aromatic N) is 3. The fraction of sp³-hybridized carbons (Fsp3) is 0.310. The van der Waals surface area contributed by atoms with Crippen molar-refractivity contribution in [1.82, 2.24) is 25.2 Å². The molecule has 3 unspecified atom stereocenters. The van der Waals surface area contributed by atoms with Crippen LogP contribution in [-0.4, -0.2) is 57.9 Å². The van der Waals surface area contributed by atoms with Crippen molar-refractivity contribution in [3.05, 3.63) is 88.1 Å². The lowest BCUT2D eigenvalue weighted by Gasteiger charge is -2.34. The number of aryl methyl sites for hydroxylation is 1. The highest BCUT2D eigenvalue weighted by Crippen LogP contribution is 2.33. The average Bonchev–Trinajstić information content (AvgIpc) is 3.74. The zero-order chi connectivity index (χ0) is 30.1. The Hall–Kier alpha value is -4.07. The lowest BCUT2D eigenvalue weighted by molar-refractivity contribution is -0.196. The van der Waals surface area contributed by atoms with Gasteiger partial charge in [-0.3, -0.25) is 14.2 Å². The van der Waals surface area contributed by atoms with Crippen LogP contribution < -0.4 is 10.6 Å². The van der Waals surface area contributed by atoms with Crippen molar-refractivity contribution in [3.8, 4) is 17.1 Å². The van der Waals surface area contributed by atoms with Crippen LogP contribution in [0.3, 0.4) is 0 Å². The SMILES string of the molecule is CNC(=O)C1(C(Cc2cccs2)NC(=O)c2cc(C)cnc2-n2cnc(-c3cccc(C(F)(F)F)c3)c2)OCC(C)O1. The second-order valence-electron chi connectivity index (χ2n) is 9.92. The van der Waals surface area contributed by atoms with Gasteiger partial charge in [0, 0.05) is 36.3 Å². The van der Waals surface area contributed by atoms with E-state index in [4.69, 9.17) is 9.47 Å². The molecule has 0 spiro atoms. The normalized spacial score (nSPS) is 19.4. The van der Waals surface area contributed by atoms with Crippen molar-refractivity contribution in [2.45, 2.75) is 44.4 Å². The van der Waals surface area contributed by atoms with Gasteiger partial charge in [-0.2, -0.15) is 13.2 Å². The third-order valence-electron chi connectivity index (χ3n) is 6.76. The first-order chi connectivity index (χ1) is 20.0. The average molecular weight is 600 g/mol. The summed E-state index contributed by atoms with van der Waals surface area (Å²) >= 11 is 1.47. The molecule has 13 heteroatoms. The molecular weight excluding hydrogens is 571 g/mol. The summed E-state index contributed by atoms with van der Waals surface area (Å²) in [6, 6.07) is 9.31. The Balaban J connectivity index is 1.50. The Morgan fingerprint density at radius 1 is 1.21 bits per heavy atom. The molecule has 0 bridgehead atoms. The number of pyridine rings is 1. The number of halogens is 3. The number of hydrogen-bond acceptors (Lipinski definition) is 7. The van der Waals surface area contributed by atoms with Crippen molar-refractivity contribution >= 4 is 23.2 Å². The van der Waals surface area contributed by atoms with Gasteiger partial charge in [0.2, 0.25) is 0 Å². The summed E-state index contributed by atoms with van der Waals surface area (Å²) in [5.74, 6) is -2.64. The maximum atomic E-state index is 13.9. The van der Waals surface area contributed by atoms with Gasteiger partial charge in [-0.15, -0.1) is 11.3 Å². The lowest BCUT2D eigenvalue weighted by atomic mass is 10.00. The molecule has 1 aliphatic heterocycles. The molecule has 1 aliphatic rings. The second kappa shape index (κ2) is 11.7. The molecule has 42 heavy (non-hydrogen) atoms. The molecule has 1 aromatic carbocycles. The number of carbonyl (C=O) groups excluding carboxylic acids is 2. The zero-order valence-electron chi connectivity index (χ0n) is 22.9. The van der Waals surface area contributed by atoms with Crippen molar-refractivity contribution in [3.63, 3.8) is 0 Å². The lowest BCUT2D eigenvalue weighted by Crippen LogP contribution is -2.62. The van der Waals surface area contributed by atoms with E-state index < -0.39 is 35.4 Å². The third kappa shape index (κ3) is 5.94. The fourth-order valence-corrected chi connectivity index (χ4v) is 5.52. The van der Waals surface area contributed by atoms with Crippen LogP contribution in [0.5, 0.6) is 0 Å². The van der Waals surface area contributed by atoms with Gasteiger partial charge in [0.25, 0.3) is 17.6 Å². The van der Waals surface area contributed by atoms with Crippen LogP contribution in [0.4, 0.5) is 13.2 Å². The van der Waals surface area contributed by atoms with E-state index in [1.165, 1.54) is 47.6 Å². The number of imidazole rings is 1. The van der Waals surface area contributed by atoms with Crippen molar-refractivity contribution in [1.29, 1.82) is 0 Å². The molecule has 0 saturated carbocycles. The fourth-order valence-electron chi connectivity index (χ4n) is 4.77. The minimum atomic E-state index is -4.50. The van der Waals surface area contributed by atoms with E-state index in [1.807, 2.05) is 17.5 Å². The van der Waals surface area contributed by atoms with Gasteiger partial charge >= 0.3 is 6.18 Å². The Morgan fingerprint density at radius 3 is 2.69 bits per heavy atom. The molecule has 9 nitrogen and oxygen atoms in total. The summed E-state index contributed by atoms with van der Waals surface area (Å²) in [5.41, 5.74) is 0.591. The van der Waals surface area contributed by atoms with Crippen LogP contribution in [0.1, 0.15) is 33.3 Å². The predicted molar refractivity (Wildman–Crippen MR) is 149 cm³/mol. The van der Waals surface area contributed by atoms with E-state index in [0.717, 1.165) is 17.0 Å². The zero-order valence-corrected chi connectivity index (χ0v) is 23.8. The number of aromatic nitrogens is 3. The molecule has 3 aromatic heterocycles. The van der Waals surface area contributed by atoms with Crippen LogP contribution in [0.2, 0.25) is 0 Å². The smallest absolute Gasteiger partial charge is 0.354 e. The van der Waals surface area contributed by atoms with E-state index >= 15 is 0 Å². The third-order valence-corrected chi connectivity index (χ3v) is 7.66. The maximum absolute atomic E-state index is 13.9. The standard InChI is InChI=1S/C29H28F3N5O4S/c1-17-10-22(25(34-13-17)37-14-23(35-16-37)19-6-4-7-20(11-19)29(30,31)32)26(38)36-24(12-21-8-5-9-42-21)28(27(39)33-3)40-15-18(2)41-28/h4-11,13-14,16,18,24H,12,15H2,1-3H3,(H,33,39)(H,36,38). The Kier molecular flexibility index (Phi) is 8.17. The molecule has 220 valence electrons. The number of carbonyl (C=O) groups is 2. The predicted octanol–water partition coefficient (Wildman–Crippen LogP) is 4.54. The Morgan fingerprint density at radius 2 is 2.02 bits per heavy atom. The number of likely N-dealkylation sites (N-methyl/N-ethyl adjacent to an activating group) is 1. The molecule has 2 N–H and O–H groups in total. The first kappa shape index (κ1) is 29.4. The largest absolute Gasteiger partial charge is 0.416 e. The van der Waals surface area contributed by atoms with Gasteiger partial charge in [0.05, 0.1) is 35.6 Å². The molecule has 3 atom stereocenters. The van der Waals surface area contributed by atoms with Crippen LogP contribution in [0.25, 0.3) is 17.1 Å². The van der Waals surface area contributed by atoms with Crippen molar-refractivity contribution < 1.29 is 32.2 Å². The van der Waals surface area contributed by atoms with E-state index in [0.29, 0.717) is 5.56 Å². The van der Waals surface area contributed by atoms with Gasteiger partial charge in [-0.25, -0.2) is 9.97 Å². The topological polar surface area (TPSA) is 107 Å². The summed E-state index contributed by atoms with van der Waals surface area (Å²) in [5, 5.41) is 7.43. The summed E-state index contributed by atoms with van der Waals surface area (Å²) in [4.78, 5) is 36.6. The molecule has 0 aliphatic carbocycles. The van der Waals surface area contributed by atoms with Gasteiger partial charge in [0.15, 0.2) is 5.82 Å². The second-order valence-corrected chi connectivity index (χ2v) is 11.0. The summed E-state index contributed by atoms with van der Waals surface area (Å²) in [6.07, 6.45) is -0.188. The quantitative estimate of drug-likeness (QED) is 0.308. The van der Waals surface area contributed by atoms with Crippen LogP contribution in [0.15, 0.2) is 66.6 Å². The van der Waals surface area contributed by atoms with Gasteiger partial charge in [-0.1, -0.05) is 18.2 Å².